The Bertz CT molecular complexity index is 455. The summed E-state index contributed by atoms with van der Waals surface area (Å²) in [6, 6.07) is 7.91. The van der Waals surface area contributed by atoms with Gasteiger partial charge in [-0.1, -0.05) is 17.2 Å². The van der Waals surface area contributed by atoms with Gasteiger partial charge in [-0.15, -0.1) is 5.10 Å². The first-order valence-corrected chi connectivity index (χ1v) is 5.47. The second-order valence-electron chi connectivity index (χ2n) is 3.90. The molecule has 17 heavy (non-hydrogen) atoms. The third-order valence-electron chi connectivity index (χ3n) is 2.07. The van der Waals surface area contributed by atoms with Crippen molar-refractivity contribution in [2.75, 3.05) is 5.32 Å². The Morgan fingerprint density at radius 2 is 2.29 bits per heavy atom. The summed E-state index contributed by atoms with van der Waals surface area (Å²) >= 11 is 0. The molecule has 1 aromatic heterocycles. The van der Waals surface area contributed by atoms with Crippen molar-refractivity contribution in [1.82, 2.24) is 20.6 Å². The second-order valence-corrected chi connectivity index (χ2v) is 3.90. The quantitative estimate of drug-likeness (QED) is 0.820. The molecule has 0 saturated heterocycles. The SMILES string of the molecule is CC(C)Oc1cccc(CNc2nn[nH]n2)c1. The van der Waals surface area contributed by atoms with E-state index in [4.69, 9.17) is 4.74 Å². The van der Waals surface area contributed by atoms with E-state index >= 15 is 0 Å². The maximum absolute atomic E-state index is 5.61. The highest BCUT2D eigenvalue weighted by atomic mass is 16.5. The van der Waals surface area contributed by atoms with Crippen molar-refractivity contribution in [2.24, 2.45) is 0 Å². The lowest BCUT2D eigenvalue weighted by atomic mass is 10.2. The molecule has 0 unspecified atom stereocenters. The summed E-state index contributed by atoms with van der Waals surface area (Å²) in [6.07, 6.45) is 0.176. The first-order valence-electron chi connectivity index (χ1n) is 5.47. The van der Waals surface area contributed by atoms with E-state index in [1.54, 1.807) is 0 Å². The van der Waals surface area contributed by atoms with Gasteiger partial charge >= 0.3 is 0 Å². The maximum Gasteiger partial charge on any atom is 0.263 e. The summed E-state index contributed by atoms with van der Waals surface area (Å²) in [5.74, 6) is 1.35. The molecule has 0 aliphatic rings. The van der Waals surface area contributed by atoms with Gasteiger partial charge in [0.25, 0.3) is 5.95 Å². The summed E-state index contributed by atoms with van der Waals surface area (Å²) < 4.78 is 5.61. The zero-order chi connectivity index (χ0) is 12.1. The minimum Gasteiger partial charge on any atom is -0.491 e. The standard InChI is InChI=1S/C11H15N5O/c1-8(2)17-10-5-3-4-9(6-10)7-12-11-13-15-16-14-11/h3-6,8H,7H2,1-2H3,(H2,12,13,14,15,16). The van der Waals surface area contributed by atoms with Crippen LogP contribution in [0.2, 0.25) is 0 Å². The van der Waals surface area contributed by atoms with Gasteiger partial charge in [-0.25, -0.2) is 0 Å². The zero-order valence-electron chi connectivity index (χ0n) is 9.84. The Labute approximate surface area is 99.4 Å². The molecule has 6 heteroatoms. The molecule has 0 atom stereocenters. The molecular formula is C11H15N5O. The summed E-state index contributed by atoms with van der Waals surface area (Å²) in [5, 5.41) is 16.5. The van der Waals surface area contributed by atoms with Gasteiger partial charge in [0.05, 0.1) is 6.10 Å². The van der Waals surface area contributed by atoms with E-state index < -0.39 is 0 Å². The summed E-state index contributed by atoms with van der Waals surface area (Å²) in [4.78, 5) is 0. The Hall–Kier alpha value is -2.11. The highest BCUT2D eigenvalue weighted by molar-refractivity contribution is 5.31. The monoisotopic (exact) mass is 233 g/mol. The highest BCUT2D eigenvalue weighted by Crippen LogP contribution is 2.15. The highest BCUT2D eigenvalue weighted by Gasteiger charge is 2.01. The van der Waals surface area contributed by atoms with Gasteiger partial charge in [-0.3, -0.25) is 0 Å². The fourth-order valence-electron chi connectivity index (χ4n) is 1.42. The van der Waals surface area contributed by atoms with Gasteiger partial charge in [-0.05, 0) is 36.8 Å². The molecule has 0 spiro atoms. The third kappa shape index (κ3) is 3.44. The van der Waals surface area contributed by atoms with Crippen molar-refractivity contribution in [1.29, 1.82) is 0 Å². The van der Waals surface area contributed by atoms with Crippen LogP contribution in [0.3, 0.4) is 0 Å². The summed E-state index contributed by atoms with van der Waals surface area (Å²) in [5.41, 5.74) is 1.10. The minimum atomic E-state index is 0.176. The number of H-pyrrole nitrogens is 1. The largest absolute Gasteiger partial charge is 0.491 e. The number of benzene rings is 1. The van der Waals surface area contributed by atoms with Crippen LogP contribution in [-0.4, -0.2) is 26.7 Å². The van der Waals surface area contributed by atoms with Gasteiger partial charge in [-0.2, -0.15) is 5.21 Å². The average molecular weight is 233 g/mol. The maximum atomic E-state index is 5.61. The number of nitrogens with zero attached hydrogens (tertiary/aromatic N) is 3. The van der Waals surface area contributed by atoms with Crippen molar-refractivity contribution < 1.29 is 4.74 Å². The van der Waals surface area contributed by atoms with Crippen LogP contribution in [0, 0.1) is 0 Å². The van der Waals surface area contributed by atoms with Gasteiger partial charge in [0.2, 0.25) is 0 Å². The smallest absolute Gasteiger partial charge is 0.263 e. The Balaban J connectivity index is 1.96. The van der Waals surface area contributed by atoms with Crippen LogP contribution in [-0.2, 0) is 6.54 Å². The number of hydrogen-bond acceptors (Lipinski definition) is 5. The van der Waals surface area contributed by atoms with E-state index in [1.165, 1.54) is 0 Å². The third-order valence-corrected chi connectivity index (χ3v) is 2.07. The number of ether oxygens (including phenoxy) is 1. The van der Waals surface area contributed by atoms with Crippen LogP contribution >= 0.6 is 0 Å². The molecule has 2 rings (SSSR count). The topological polar surface area (TPSA) is 75.7 Å². The van der Waals surface area contributed by atoms with Crippen LogP contribution in [0.15, 0.2) is 24.3 Å². The molecule has 0 saturated carbocycles. The van der Waals surface area contributed by atoms with Crippen molar-refractivity contribution in [3.63, 3.8) is 0 Å². The Morgan fingerprint density at radius 3 is 3.00 bits per heavy atom. The second kappa shape index (κ2) is 5.29. The first kappa shape index (κ1) is 11.4. The van der Waals surface area contributed by atoms with Crippen LogP contribution in [0.5, 0.6) is 5.75 Å². The molecule has 0 aliphatic carbocycles. The van der Waals surface area contributed by atoms with Crippen LogP contribution < -0.4 is 10.1 Å². The minimum absolute atomic E-state index is 0.176. The Morgan fingerprint density at radius 1 is 1.41 bits per heavy atom. The number of rotatable bonds is 5. The lowest BCUT2D eigenvalue weighted by Gasteiger charge is -2.10. The van der Waals surface area contributed by atoms with E-state index in [0.29, 0.717) is 12.5 Å². The molecule has 2 aromatic rings. The van der Waals surface area contributed by atoms with Gasteiger partial charge < -0.3 is 10.1 Å². The first-order chi connectivity index (χ1) is 8.24. The molecule has 2 N–H and O–H groups in total. The van der Waals surface area contributed by atoms with Crippen molar-refractivity contribution in [2.45, 2.75) is 26.5 Å². The number of nitrogens with one attached hydrogen (secondary N) is 2. The predicted octanol–water partition coefficient (Wildman–Crippen LogP) is 1.60. The number of aromatic nitrogens is 4. The molecule has 1 aromatic carbocycles. The van der Waals surface area contributed by atoms with Crippen molar-refractivity contribution in [3.05, 3.63) is 29.8 Å². The van der Waals surface area contributed by atoms with Crippen molar-refractivity contribution in [3.8, 4) is 5.75 Å². The lowest BCUT2D eigenvalue weighted by Crippen LogP contribution is -2.06. The molecular weight excluding hydrogens is 218 g/mol. The van der Waals surface area contributed by atoms with Crippen LogP contribution in [0.4, 0.5) is 5.95 Å². The Kier molecular flexibility index (Phi) is 3.54. The van der Waals surface area contributed by atoms with E-state index in [1.807, 2.05) is 38.1 Å². The molecule has 0 radical (unpaired) electrons. The van der Waals surface area contributed by atoms with Gasteiger partial charge in [0, 0.05) is 6.54 Å². The molecule has 0 amide bonds. The normalized spacial score (nSPS) is 10.5. The molecule has 6 nitrogen and oxygen atoms in total. The summed E-state index contributed by atoms with van der Waals surface area (Å²) in [6.45, 7) is 4.64. The molecule has 0 fully saturated rings. The molecule has 1 heterocycles. The fraction of sp³-hybridized carbons (Fsp3) is 0.364. The van der Waals surface area contributed by atoms with E-state index in [-0.39, 0.29) is 6.10 Å². The fourth-order valence-corrected chi connectivity index (χ4v) is 1.42. The molecule has 90 valence electrons. The van der Waals surface area contributed by atoms with Crippen molar-refractivity contribution >= 4 is 5.95 Å². The molecule has 0 bridgehead atoms. The summed E-state index contributed by atoms with van der Waals surface area (Å²) in [7, 11) is 0. The average Bonchev–Trinajstić information content (AvgIpc) is 2.79. The predicted molar refractivity (Wildman–Crippen MR) is 63.7 cm³/mol. The van der Waals surface area contributed by atoms with Gasteiger partial charge in [0.1, 0.15) is 5.75 Å². The van der Waals surface area contributed by atoms with E-state index in [2.05, 4.69) is 25.9 Å². The number of tetrazole rings is 1. The zero-order valence-corrected chi connectivity index (χ0v) is 9.84. The van der Waals surface area contributed by atoms with Crippen LogP contribution in [0.1, 0.15) is 19.4 Å². The number of aromatic amines is 1. The number of anilines is 1. The van der Waals surface area contributed by atoms with Gasteiger partial charge in [0.15, 0.2) is 0 Å². The van der Waals surface area contributed by atoms with E-state index in [9.17, 15) is 0 Å². The molecule has 0 aliphatic heterocycles. The number of hydrogen-bond donors (Lipinski definition) is 2. The van der Waals surface area contributed by atoms with Crippen LogP contribution in [0.25, 0.3) is 0 Å². The lowest BCUT2D eigenvalue weighted by molar-refractivity contribution is 0.242. The van der Waals surface area contributed by atoms with E-state index in [0.717, 1.165) is 11.3 Å².